The van der Waals surface area contributed by atoms with E-state index in [1.807, 2.05) is 51.2 Å². The third-order valence-corrected chi connectivity index (χ3v) is 7.63. The van der Waals surface area contributed by atoms with Crippen LogP contribution in [-0.4, -0.2) is 16.4 Å². The first-order valence-electron chi connectivity index (χ1n) is 12.1. The van der Waals surface area contributed by atoms with Crippen molar-refractivity contribution in [2.75, 3.05) is 4.90 Å². The molecule has 0 unspecified atom stereocenters. The maximum Gasteiger partial charge on any atom is 0.266 e. The maximum absolute atomic E-state index is 13.9. The van der Waals surface area contributed by atoms with Crippen molar-refractivity contribution < 1.29 is 9.59 Å². The number of carbonyl (C=O) groups is 2. The molecule has 170 valence electrons. The molecule has 2 amide bonds. The van der Waals surface area contributed by atoms with E-state index in [0.717, 1.165) is 59.4 Å². The number of nitrogens with zero attached hydrogens (tertiary/aromatic N) is 2. The van der Waals surface area contributed by atoms with Gasteiger partial charge in [0.05, 0.1) is 11.0 Å². The van der Waals surface area contributed by atoms with Gasteiger partial charge in [-0.15, -0.1) is 0 Å². The summed E-state index contributed by atoms with van der Waals surface area (Å²) >= 11 is 0. The Kier molecular flexibility index (Phi) is 4.53. The van der Waals surface area contributed by atoms with Crippen LogP contribution < -0.4 is 15.8 Å². The van der Waals surface area contributed by atoms with Crippen LogP contribution in [0.1, 0.15) is 65.0 Å². The van der Waals surface area contributed by atoms with E-state index in [2.05, 4.69) is 0 Å². The summed E-state index contributed by atoms with van der Waals surface area (Å²) in [6.07, 6.45) is 4.52. The molecular formula is C29H26N2O3. The molecule has 5 nitrogen and oxygen atoms in total. The van der Waals surface area contributed by atoms with Gasteiger partial charge in [-0.1, -0.05) is 38.1 Å². The Morgan fingerprint density at radius 1 is 0.765 bits per heavy atom. The van der Waals surface area contributed by atoms with Gasteiger partial charge in [0, 0.05) is 39.7 Å². The Hall–Kier alpha value is -3.73. The predicted octanol–water partition coefficient (Wildman–Crippen LogP) is 4.67. The molecule has 0 saturated heterocycles. The minimum absolute atomic E-state index is 0.0856. The molecule has 0 spiro atoms. The second kappa shape index (κ2) is 7.39. The smallest absolute Gasteiger partial charge is 0.266 e. The van der Waals surface area contributed by atoms with Crippen molar-refractivity contribution in [2.24, 2.45) is 7.05 Å². The monoisotopic (exact) mass is 450 g/mol. The molecule has 2 heterocycles. The van der Waals surface area contributed by atoms with Gasteiger partial charge in [-0.3, -0.25) is 14.4 Å². The van der Waals surface area contributed by atoms with E-state index < -0.39 is 0 Å². The van der Waals surface area contributed by atoms with Crippen LogP contribution in [0.15, 0.2) is 47.3 Å². The fourth-order valence-corrected chi connectivity index (χ4v) is 5.75. The number of pyridine rings is 1. The van der Waals surface area contributed by atoms with Gasteiger partial charge in [0.2, 0.25) is 0 Å². The summed E-state index contributed by atoms with van der Waals surface area (Å²) in [5.74, 6) is -0.637. The zero-order valence-electron chi connectivity index (χ0n) is 19.7. The van der Waals surface area contributed by atoms with Crippen molar-refractivity contribution >= 4 is 44.6 Å². The highest BCUT2D eigenvalue weighted by atomic mass is 16.2. The van der Waals surface area contributed by atoms with Crippen LogP contribution in [0.3, 0.4) is 0 Å². The van der Waals surface area contributed by atoms with Gasteiger partial charge in [-0.2, -0.15) is 0 Å². The van der Waals surface area contributed by atoms with E-state index in [9.17, 15) is 14.4 Å². The van der Waals surface area contributed by atoms with Crippen LogP contribution in [0.2, 0.25) is 0 Å². The molecule has 5 heteroatoms. The highest BCUT2D eigenvalue weighted by Crippen LogP contribution is 2.39. The maximum atomic E-state index is 13.9. The summed E-state index contributed by atoms with van der Waals surface area (Å²) in [4.78, 5) is 42.5. The number of amides is 2. The minimum Gasteiger partial charge on any atom is -0.311 e. The second-order valence-corrected chi connectivity index (χ2v) is 9.32. The van der Waals surface area contributed by atoms with Crippen LogP contribution in [0.5, 0.6) is 0 Å². The topological polar surface area (TPSA) is 59.4 Å². The fourth-order valence-electron chi connectivity index (χ4n) is 5.75. The van der Waals surface area contributed by atoms with Gasteiger partial charge in [-0.25, -0.2) is 4.90 Å². The summed E-state index contributed by atoms with van der Waals surface area (Å²) in [6, 6.07) is 13.2. The number of anilines is 1. The number of aryl methyl sites for hydroxylation is 2. The molecule has 1 aliphatic heterocycles. The van der Waals surface area contributed by atoms with Gasteiger partial charge < -0.3 is 4.57 Å². The lowest BCUT2D eigenvalue weighted by Crippen LogP contribution is -2.42. The summed E-state index contributed by atoms with van der Waals surface area (Å²) in [5, 5.41) is 3.81. The highest BCUT2D eigenvalue weighted by Gasteiger charge is 2.37. The SMILES string of the molecule is CCc1cccc(CC)c1N1C(=O)c2ccc3c(=O)n(C)c(=C4CCC4)c4ccc(c2c34)C1=O. The van der Waals surface area contributed by atoms with Crippen LogP contribution in [0, 0.1) is 0 Å². The molecule has 1 saturated carbocycles. The van der Waals surface area contributed by atoms with Crippen molar-refractivity contribution in [3.63, 3.8) is 0 Å². The molecule has 3 aromatic carbocycles. The standard InChI is InChI=1S/C29H26N2O3/c1-4-16-8-6-9-17(5-2)25(16)31-28(33)21-13-12-19-23-20(14-15-22(24(21)23)29(31)34)27(32)30(3)26(19)18-10-7-11-18/h6,8-9,12-15H,4-5,7,10-11H2,1-3H3. The average Bonchev–Trinajstić information content (AvgIpc) is 2.82. The number of benzene rings is 3. The number of para-hydroxylation sites is 1. The van der Waals surface area contributed by atoms with E-state index in [1.165, 1.54) is 10.5 Å². The summed E-state index contributed by atoms with van der Waals surface area (Å²) < 4.78 is 1.73. The van der Waals surface area contributed by atoms with E-state index in [4.69, 9.17) is 0 Å². The summed E-state index contributed by atoms with van der Waals surface area (Å²) in [6.45, 7) is 4.07. The number of hydrogen-bond donors (Lipinski definition) is 0. The van der Waals surface area contributed by atoms with Crippen molar-refractivity contribution in [1.29, 1.82) is 0 Å². The molecule has 4 aromatic rings. The van der Waals surface area contributed by atoms with Crippen molar-refractivity contribution in [1.82, 2.24) is 4.57 Å². The van der Waals surface area contributed by atoms with Crippen LogP contribution in [-0.2, 0) is 19.9 Å². The third-order valence-electron chi connectivity index (χ3n) is 7.63. The lowest BCUT2D eigenvalue weighted by Gasteiger charge is -2.31. The number of carbonyl (C=O) groups excluding carboxylic acids is 2. The Bertz CT molecular complexity index is 1630. The summed E-state index contributed by atoms with van der Waals surface area (Å²) in [7, 11) is 1.82. The Morgan fingerprint density at radius 2 is 1.35 bits per heavy atom. The Balaban J connectivity index is 1.71. The zero-order valence-corrected chi connectivity index (χ0v) is 19.7. The van der Waals surface area contributed by atoms with Gasteiger partial charge in [0.25, 0.3) is 17.4 Å². The van der Waals surface area contributed by atoms with Crippen molar-refractivity contribution in [2.45, 2.75) is 46.0 Å². The van der Waals surface area contributed by atoms with Crippen LogP contribution >= 0.6 is 0 Å². The van der Waals surface area contributed by atoms with Gasteiger partial charge in [0.1, 0.15) is 0 Å². The van der Waals surface area contributed by atoms with Crippen LogP contribution in [0.4, 0.5) is 5.69 Å². The molecule has 0 atom stereocenters. The fraction of sp³-hybridized carbons (Fsp3) is 0.276. The zero-order chi connectivity index (χ0) is 23.7. The quantitative estimate of drug-likeness (QED) is 0.426. The predicted molar refractivity (Wildman–Crippen MR) is 136 cm³/mol. The number of rotatable bonds is 3. The molecule has 1 aliphatic carbocycles. The molecule has 0 radical (unpaired) electrons. The first kappa shape index (κ1) is 20.8. The lowest BCUT2D eigenvalue weighted by atomic mass is 9.86. The number of imide groups is 1. The number of hydrogen-bond acceptors (Lipinski definition) is 3. The first-order valence-corrected chi connectivity index (χ1v) is 12.1. The third kappa shape index (κ3) is 2.58. The van der Waals surface area contributed by atoms with E-state index in [1.54, 1.807) is 16.7 Å². The van der Waals surface area contributed by atoms with Crippen molar-refractivity contribution in [3.05, 3.63) is 80.4 Å². The molecule has 34 heavy (non-hydrogen) atoms. The van der Waals surface area contributed by atoms with Crippen molar-refractivity contribution in [3.8, 4) is 0 Å². The first-order chi connectivity index (χ1) is 16.5. The summed E-state index contributed by atoms with van der Waals surface area (Å²) in [5.41, 5.74) is 4.80. The molecular weight excluding hydrogens is 424 g/mol. The van der Waals surface area contributed by atoms with Gasteiger partial charge in [0.15, 0.2) is 0 Å². The molecule has 0 bridgehead atoms. The minimum atomic E-state index is -0.318. The molecule has 6 rings (SSSR count). The largest absolute Gasteiger partial charge is 0.311 e. The van der Waals surface area contributed by atoms with E-state index >= 15 is 0 Å². The van der Waals surface area contributed by atoms with Crippen LogP contribution in [0.25, 0.3) is 27.1 Å². The second-order valence-electron chi connectivity index (χ2n) is 9.32. The van der Waals surface area contributed by atoms with E-state index in [-0.39, 0.29) is 17.4 Å². The lowest BCUT2D eigenvalue weighted by molar-refractivity contribution is 0.0893. The highest BCUT2D eigenvalue weighted by molar-refractivity contribution is 6.38. The van der Waals surface area contributed by atoms with E-state index in [0.29, 0.717) is 27.6 Å². The van der Waals surface area contributed by atoms with Gasteiger partial charge >= 0.3 is 0 Å². The molecule has 1 aromatic heterocycles. The molecule has 1 fully saturated rings. The Labute approximate surface area is 197 Å². The molecule has 2 aliphatic rings. The molecule has 0 N–H and O–H groups in total. The average molecular weight is 451 g/mol. The number of aromatic nitrogens is 1. The normalized spacial score (nSPS) is 15.5. The Morgan fingerprint density at radius 3 is 1.88 bits per heavy atom. The van der Waals surface area contributed by atoms with Gasteiger partial charge in [-0.05, 0) is 67.0 Å².